The van der Waals surface area contributed by atoms with Crippen LogP contribution in [0.3, 0.4) is 0 Å². The molecule has 0 heterocycles. The lowest BCUT2D eigenvalue weighted by Crippen LogP contribution is -2.24. The second-order valence-electron chi connectivity index (χ2n) is 4.20. The molecule has 0 saturated heterocycles. The zero-order chi connectivity index (χ0) is 14.0. The zero-order valence-electron chi connectivity index (χ0n) is 10.0. The molecule has 104 valence electrons. The van der Waals surface area contributed by atoms with E-state index in [1.807, 2.05) is 0 Å². The predicted molar refractivity (Wildman–Crippen MR) is 59.1 cm³/mol. The molecule has 1 aliphatic carbocycles. The number of rotatable bonds is 4. The van der Waals surface area contributed by atoms with E-state index in [2.05, 4.69) is 15.1 Å². The van der Waals surface area contributed by atoms with Crippen molar-refractivity contribution in [3.05, 3.63) is 29.8 Å². The molecular weight excluding hydrogens is 263 g/mol. The van der Waals surface area contributed by atoms with Gasteiger partial charge >= 0.3 is 6.36 Å². The van der Waals surface area contributed by atoms with Gasteiger partial charge in [0.15, 0.2) is 0 Å². The van der Waals surface area contributed by atoms with E-state index in [1.165, 1.54) is 25.3 Å². The van der Waals surface area contributed by atoms with Gasteiger partial charge in [-0.2, -0.15) is 0 Å². The first-order valence-electron chi connectivity index (χ1n) is 5.60. The first kappa shape index (κ1) is 13.7. The number of hydroxylamine groups is 1. The van der Waals surface area contributed by atoms with Crippen molar-refractivity contribution >= 4 is 5.91 Å². The van der Waals surface area contributed by atoms with Gasteiger partial charge in [-0.05, 0) is 24.0 Å². The van der Waals surface area contributed by atoms with E-state index in [4.69, 9.17) is 0 Å². The predicted octanol–water partition coefficient (Wildman–Crippen LogP) is 2.37. The van der Waals surface area contributed by atoms with Crippen molar-refractivity contribution in [2.75, 3.05) is 7.11 Å². The molecule has 1 N–H and O–H groups in total. The maximum Gasteiger partial charge on any atom is 0.573 e. The number of carbonyl (C=O) groups excluding carboxylic acids is 1. The van der Waals surface area contributed by atoms with Crippen LogP contribution >= 0.6 is 0 Å². The molecule has 0 aromatic heterocycles. The summed E-state index contributed by atoms with van der Waals surface area (Å²) in [6.07, 6.45) is -4.26. The first-order valence-corrected chi connectivity index (χ1v) is 5.60. The summed E-state index contributed by atoms with van der Waals surface area (Å²) in [5.74, 6) is -1.24. The van der Waals surface area contributed by atoms with Crippen LogP contribution in [0.1, 0.15) is 17.9 Å². The summed E-state index contributed by atoms with van der Waals surface area (Å²) in [4.78, 5) is 16.0. The van der Waals surface area contributed by atoms with Gasteiger partial charge in [0.2, 0.25) is 5.91 Å². The van der Waals surface area contributed by atoms with Crippen molar-refractivity contribution in [2.24, 2.45) is 5.92 Å². The minimum atomic E-state index is -4.74. The smallest absolute Gasteiger partial charge is 0.405 e. The minimum absolute atomic E-state index is 0.257. The topological polar surface area (TPSA) is 47.6 Å². The lowest BCUT2D eigenvalue weighted by molar-refractivity contribution is -0.274. The van der Waals surface area contributed by atoms with Crippen molar-refractivity contribution < 1.29 is 27.5 Å². The molecule has 0 radical (unpaired) electrons. The van der Waals surface area contributed by atoms with E-state index in [-0.39, 0.29) is 23.5 Å². The number of hydrogen-bond acceptors (Lipinski definition) is 3. The van der Waals surface area contributed by atoms with Gasteiger partial charge in [0.1, 0.15) is 5.75 Å². The Kier molecular flexibility index (Phi) is 3.66. The van der Waals surface area contributed by atoms with Crippen molar-refractivity contribution in [2.45, 2.75) is 18.7 Å². The number of para-hydroxylation sites is 1. The number of carbonyl (C=O) groups is 1. The molecule has 1 aromatic rings. The van der Waals surface area contributed by atoms with Gasteiger partial charge in [0.25, 0.3) is 0 Å². The fourth-order valence-electron chi connectivity index (χ4n) is 2.01. The number of nitrogens with one attached hydrogen (secondary N) is 1. The minimum Gasteiger partial charge on any atom is -0.405 e. The fourth-order valence-corrected chi connectivity index (χ4v) is 2.01. The maximum absolute atomic E-state index is 12.3. The standard InChI is InChI=1S/C12H12F3NO3/c1-18-16-11(17)9-6-8(9)7-4-2-3-5-10(7)19-12(13,14)15/h2-5,8-9H,6H2,1H3,(H,16,17)/t8-,9-/m0/s1. The second kappa shape index (κ2) is 5.08. The molecule has 1 saturated carbocycles. The highest BCUT2D eigenvalue weighted by Crippen LogP contribution is 2.50. The van der Waals surface area contributed by atoms with E-state index in [0.29, 0.717) is 12.0 Å². The molecule has 2 rings (SSSR count). The molecule has 0 bridgehead atoms. The van der Waals surface area contributed by atoms with Crippen LogP contribution in [0.4, 0.5) is 13.2 Å². The molecular formula is C12H12F3NO3. The van der Waals surface area contributed by atoms with Gasteiger partial charge in [-0.25, -0.2) is 5.48 Å². The Labute approximate surface area is 107 Å². The van der Waals surface area contributed by atoms with Crippen molar-refractivity contribution in [3.8, 4) is 5.75 Å². The quantitative estimate of drug-likeness (QED) is 0.858. The van der Waals surface area contributed by atoms with Gasteiger partial charge in [-0.1, -0.05) is 18.2 Å². The summed E-state index contributed by atoms with van der Waals surface area (Å²) in [6, 6.07) is 5.84. The first-order chi connectivity index (χ1) is 8.92. The molecule has 2 atom stereocenters. The average molecular weight is 275 g/mol. The van der Waals surface area contributed by atoms with Crippen LogP contribution in [0.25, 0.3) is 0 Å². The van der Waals surface area contributed by atoms with E-state index in [1.54, 1.807) is 6.07 Å². The lowest BCUT2D eigenvalue weighted by atomic mass is 10.1. The Balaban J connectivity index is 2.12. The third-order valence-corrected chi connectivity index (χ3v) is 2.87. The van der Waals surface area contributed by atoms with Crippen LogP contribution in [0, 0.1) is 5.92 Å². The highest BCUT2D eigenvalue weighted by atomic mass is 19.4. The monoisotopic (exact) mass is 275 g/mol. The van der Waals surface area contributed by atoms with Gasteiger partial charge in [0.05, 0.1) is 7.11 Å². The van der Waals surface area contributed by atoms with E-state index >= 15 is 0 Å². The third-order valence-electron chi connectivity index (χ3n) is 2.87. The van der Waals surface area contributed by atoms with Crippen LogP contribution in [0.15, 0.2) is 24.3 Å². The number of ether oxygens (including phenoxy) is 1. The Morgan fingerprint density at radius 2 is 2.05 bits per heavy atom. The van der Waals surface area contributed by atoms with Crippen LogP contribution < -0.4 is 10.2 Å². The summed E-state index contributed by atoms with van der Waals surface area (Å²) in [7, 11) is 1.30. The van der Waals surface area contributed by atoms with E-state index in [9.17, 15) is 18.0 Å². The molecule has 1 amide bonds. The van der Waals surface area contributed by atoms with E-state index < -0.39 is 6.36 Å². The second-order valence-corrected chi connectivity index (χ2v) is 4.20. The molecule has 7 heteroatoms. The molecule has 19 heavy (non-hydrogen) atoms. The Morgan fingerprint density at radius 1 is 1.37 bits per heavy atom. The van der Waals surface area contributed by atoms with Gasteiger partial charge < -0.3 is 4.74 Å². The molecule has 1 fully saturated rings. The maximum atomic E-state index is 12.3. The van der Waals surface area contributed by atoms with Gasteiger partial charge in [0, 0.05) is 5.92 Å². The molecule has 1 aromatic carbocycles. The number of benzene rings is 1. The average Bonchev–Trinajstić information content (AvgIpc) is 3.08. The van der Waals surface area contributed by atoms with Crippen molar-refractivity contribution in [3.63, 3.8) is 0 Å². The number of alkyl halides is 3. The van der Waals surface area contributed by atoms with Gasteiger partial charge in [-0.3, -0.25) is 9.63 Å². The third kappa shape index (κ3) is 3.37. The highest BCUT2D eigenvalue weighted by molar-refractivity contribution is 5.82. The summed E-state index contributed by atoms with van der Waals surface area (Å²) < 4.78 is 40.7. The highest BCUT2D eigenvalue weighted by Gasteiger charge is 2.46. The normalized spacial score (nSPS) is 21.9. The molecule has 4 nitrogen and oxygen atoms in total. The largest absolute Gasteiger partial charge is 0.573 e. The molecule has 0 aliphatic heterocycles. The summed E-state index contributed by atoms with van der Waals surface area (Å²) >= 11 is 0. The Hall–Kier alpha value is -1.76. The van der Waals surface area contributed by atoms with Crippen molar-refractivity contribution in [1.29, 1.82) is 0 Å². The van der Waals surface area contributed by atoms with Crippen molar-refractivity contribution in [1.82, 2.24) is 5.48 Å². The van der Waals surface area contributed by atoms with Crippen LogP contribution in [-0.4, -0.2) is 19.4 Å². The van der Waals surface area contributed by atoms with Crippen LogP contribution in [0.2, 0.25) is 0 Å². The van der Waals surface area contributed by atoms with Gasteiger partial charge in [-0.15, -0.1) is 13.2 Å². The number of amides is 1. The molecule has 0 spiro atoms. The lowest BCUT2D eigenvalue weighted by Gasteiger charge is -2.12. The van der Waals surface area contributed by atoms with Crippen LogP contribution in [-0.2, 0) is 9.63 Å². The molecule has 1 aliphatic rings. The number of hydrogen-bond donors (Lipinski definition) is 1. The van der Waals surface area contributed by atoms with Crippen LogP contribution in [0.5, 0.6) is 5.75 Å². The fraction of sp³-hybridized carbons (Fsp3) is 0.417. The SMILES string of the molecule is CONC(=O)[C@H]1C[C@H]1c1ccccc1OC(F)(F)F. The Morgan fingerprint density at radius 3 is 2.68 bits per heavy atom. The summed E-state index contributed by atoms with van der Waals surface area (Å²) in [6.45, 7) is 0. The van der Waals surface area contributed by atoms with E-state index in [0.717, 1.165) is 0 Å². The Bertz CT molecular complexity index is 476. The molecule has 0 unspecified atom stereocenters. The number of halogens is 3. The summed E-state index contributed by atoms with van der Waals surface area (Å²) in [5, 5.41) is 0. The zero-order valence-corrected chi connectivity index (χ0v) is 10.0. The summed E-state index contributed by atoms with van der Waals surface area (Å²) in [5.41, 5.74) is 2.56.